The molecule has 0 aliphatic rings. The number of hydrogen-bond acceptors (Lipinski definition) is 4. The van der Waals surface area contributed by atoms with Crippen molar-refractivity contribution in [3.63, 3.8) is 0 Å². The van der Waals surface area contributed by atoms with Gasteiger partial charge in [0.15, 0.2) is 0 Å². The summed E-state index contributed by atoms with van der Waals surface area (Å²) >= 11 is 0. The third-order valence-corrected chi connectivity index (χ3v) is 2.61. The van der Waals surface area contributed by atoms with Gasteiger partial charge in [0.1, 0.15) is 5.82 Å². The molecule has 1 aromatic heterocycles. The molecule has 5 nitrogen and oxygen atoms in total. The van der Waals surface area contributed by atoms with Crippen LogP contribution in [-0.4, -0.2) is 26.7 Å². The second-order valence-corrected chi connectivity index (χ2v) is 4.31. The molecule has 2 aromatic rings. The standard InChI is InChI=1S/C12H12BFN2O3/c1-8-5-15-12(17)16(6-8)7-9-2-10(13(18)19)4-11(14)3-9/h2-6,18-19H,7H2,1H3. The molecular weight excluding hydrogens is 250 g/mol. The second kappa shape index (κ2) is 5.33. The van der Waals surface area contributed by atoms with Crippen molar-refractivity contribution in [1.82, 2.24) is 9.55 Å². The van der Waals surface area contributed by atoms with Crippen molar-refractivity contribution in [2.24, 2.45) is 0 Å². The highest BCUT2D eigenvalue weighted by atomic mass is 19.1. The molecule has 0 radical (unpaired) electrons. The third-order valence-electron chi connectivity index (χ3n) is 2.61. The minimum Gasteiger partial charge on any atom is -0.423 e. The Kier molecular flexibility index (Phi) is 3.78. The zero-order valence-electron chi connectivity index (χ0n) is 10.2. The van der Waals surface area contributed by atoms with E-state index in [1.54, 1.807) is 13.1 Å². The van der Waals surface area contributed by atoms with Crippen LogP contribution in [0.15, 0.2) is 35.4 Å². The fraction of sp³-hybridized carbons (Fsp3) is 0.167. The molecule has 2 N–H and O–H groups in total. The van der Waals surface area contributed by atoms with Gasteiger partial charge in [-0.1, -0.05) is 6.07 Å². The first kappa shape index (κ1) is 13.4. The first-order valence-corrected chi connectivity index (χ1v) is 5.64. The minimum atomic E-state index is -1.75. The molecule has 0 fully saturated rings. The topological polar surface area (TPSA) is 75.4 Å². The van der Waals surface area contributed by atoms with Crippen molar-refractivity contribution in [2.75, 3.05) is 0 Å². The lowest BCUT2D eigenvalue weighted by atomic mass is 9.79. The molecule has 7 heteroatoms. The first-order valence-electron chi connectivity index (χ1n) is 5.64. The van der Waals surface area contributed by atoms with Crippen LogP contribution in [0.25, 0.3) is 0 Å². The molecule has 2 rings (SSSR count). The van der Waals surface area contributed by atoms with Gasteiger partial charge in [0.2, 0.25) is 0 Å². The Balaban J connectivity index is 2.38. The van der Waals surface area contributed by atoms with E-state index in [0.29, 0.717) is 5.56 Å². The van der Waals surface area contributed by atoms with E-state index < -0.39 is 18.6 Å². The van der Waals surface area contributed by atoms with Crippen LogP contribution in [0.5, 0.6) is 0 Å². The minimum absolute atomic E-state index is 0.0451. The van der Waals surface area contributed by atoms with Crippen molar-refractivity contribution < 1.29 is 14.4 Å². The van der Waals surface area contributed by atoms with Crippen LogP contribution < -0.4 is 11.2 Å². The molecule has 0 saturated heterocycles. The van der Waals surface area contributed by atoms with Gasteiger partial charge in [0, 0.05) is 12.4 Å². The molecular formula is C12H12BFN2O3. The smallest absolute Gasteiger partial charge is 0.423 e. The van der Waals surface area contributed by atoms with Crippen molar-refractivity contribution in [3.05, 3.63) is 58.0 Å². The molecule has 0 atom stereocenters. The number of rotatable bonds is 3. The maximum Gasteiger partial charge on any atom is 0.488 e. The van der Waals surface area contributed by atoms with E-state index in [1.807, 2.05) is 0 Å². The number of aromatic nitrogens is 2. The van der Waals surface area contributed by atoms with Crippen LogP contribution in [0.1, 0.15) is 11.1 Å². The normalized spacial score (nSPS) is 10.5. The Labute approximate surface area is 109 Å². The highest BCUT2D eigenvalue weighted by molar-refractivity contribution is 6.58. The summed E-state index contributed by atoms with van der Waals surface area (Å²) < 4.78 is 14.7. The Morgan fingerprint density at radius 1 is 1.37 bits per heavy atom. The first-order chi connectivity index (χ1) is 8.95. The summed E-state index contributed by atoms with van der Waals surface area (Å²) in [6, 6.07) is 3.70. The monoisotopic (exact) mass is 262 g/mol. The Hall–Kier alpha value is -1.99. The third kappa shape index (κ3) is 3.27. The van der Waals surface area contributed by atoms with Gasteiger partial charge in [-0.3, -0.25) is 4.57 Å². The van der Waals surface area contributed by atoms with E-state index in [0.717, 1.165) is 11.6 Å². The molecule has 1 aromatic carbocycles. The maximum atomic E-state index is 13.3. The second-order valence-electron chi connectivity index (χ2n) is 4.31. The van der Waals surface area contributed by atoms with Gasteiger partial charge < -0.3 is 10.0 Å². The maximum absolute atomic E-state index is 13.3. The van der Waals surface area contributed by atoms with Gasteiger partial charge in [-0.2, -0.15) is 0 Å². The summed E-state index contributed by atoms with van der Waals surface area (Å²) in [6.45, 7) is 1.91. The Morgan fingerprint density at radius 3 is 2.79 bits per heavy atom. The van der Waals surface area contributed by atoms with Crippen LogP contribution >= 0.6 is 0 Å². The lowest BCUT2D eigenvalue weighted by molar-refractivity contribution is 0.425. The van der Waals surface area contributed by atoms with Crippen LogP contribution in [0, 0.1) is 12.7 Å². The zero-order valence-corrected chi connectivity index (χ0v) is 10.2. The van der Waals surface area contributed by atoms with E-state index in [1.165, 1.54) is 22.9 Å². The van der Waals surface area contributed by atoms with Gasteiger partial charge in [-0.25, -0.2) is 14.2 Å². The van der Waals surface area contributed by atoms with Crippen molar-refractivity contribution in [2.45, 2.75) is 13.5 Å². The van der Waals surface area contributed by atoms with Gasteiger partial charge >= 0.3 is 12.8 Å². The fourth-order valence-electron chi connectivity index (χ4n) is 1.79. The lowest BCUT2D eigenvalue weighted by Gasteiger charge is -2.08. The molecule has 1 heterocycles. The molecule has 19 heavy (non-hydrogen) atoms. The summed E-state index contributed by atoms with van der Waals surface area (Å²) in [5.74, 6) is -0.589. The Bertz CT molecular complexity index is 658. The van der Waals surface area contributed by atoms with Crippen molar-refractivity contribution in [1.29, 1.82) is 0 Å². The molecule has 0 bridgehead atoms. The highest BCUT2D eigenvalue weighted by Gasteiger charge is 2.13. The summed E-state index contributed by atoms with van der Waals surface area (Å²) in [4.78, 5) is 15.2. The van der Waals surface area contributed by atoms with Gasteiger partial charge in [0.05, 0.1) is 6.54 Å². The van der Waals surface area contributed by atoms with Crippen LogP contribution in [0.3, 0.4) is 0 Å². The fourth-order valence-corrected chi connectivity index (χ4v) is 1.79. The van der Waals surface area contributed by atoms with Gasteiger partial charge in [0.25, 0.3) is 0 Å². The van der Waals surface area contributed by atoms with E-state index in [9.17, 15) is 9.18 Å². The van der Waals surface area contributed by atoms with Crippen LogP contribution in [0.2, 0.25) is 0 Å². The number of nitrogens with zero attached hydrogens (tertiary/aromatic N) is 2. The SMILES string of the molecule is Cc1cnc(=O)n(Cc2cc(F)cc(B(O)O)c2)c1. The van der Waals surface area contributed by atoms with E-state index >= 15 is 0 Å². The molecule has 0 aliphatic carbocycles. The van der Waals surface area contributed by atoms with Gasteiger partial charge in [-0.15, -0.1) is 0 Å². The largest absolute Gasteiger partial charge is 0.488 e. The number of benzene rings is 1. The van der Waals surface area contributed by atoms with E-state index in [2.05, 4.69) is 4.98 Å². The summed E-state index contributed by atoms with van der Waals surface area (Å²) in [5, 5.41) is 18.1. The number of hydrogen-bond donors (Lipinski definition) is 2. The van der Waals surface area contributed by atoms with Crippen LogP contribution in [0.4, 0.5) is 4.39 Å². The molecule has 98 valence electrons. The van der Waals surface area contributed by atoms with Crippen LogP contribution in [-0.2, 0) is 6.54 Å². The quantitative estimate of drug-likeness (QED) is 0.725. The van der Waals surface area contributed by atoms with E-state index in [4.69, 9.17) is 10.0 Å². The summed E-state index contributed by atoms with van der Waals surface area (Å²) in [6.07, 6.45) is 3.06. The molecule has 0 aliphatic heterocycles. The molecule has 0 unspecified atom stereocenters. The predicted molar refractivity (Wildman–Crippen MR) is 68.6 cm³/mol. The zero-order chi connectivity index (χ0) is 14.0. The average Bonchev–Trinajstić information content (AvgIpc) is 2.33. The predicted octanol–water partition coefficient (Wildman–Crippen LogP) is -0.581. The molecule has 0 saturated carbocycles. The van der Waals surface area contributed by atoms with E-state index in [-0.39, 0.29) is 12.0 Å². The highest BCUT2D eigenvalue weighted by Crippen LogP contribution is 2.04. The number of aryl methyl sites for hydroxylation is 1. The average molecular weight is 262 g/mol. The summed E-state index contributed by atoms with van der Waals surface area (Å²) in [7, 11) is -1.75. The molecule has 0 spiro atoms. The number of halogens is 1. The van der Waals surface area contributed by atoms with Crippen molar-refractivity contribution in [3.8, 4) is 0 Å². The molecule has 0 amide bonds. The van der Waals surface area contributed by atoms with Crippen molar-refractivity contribution >= 4 is 12.6 Å². The van der Waals surface area contributed by atoms with Gasteiger partial charge in [-0.05, 0) is 35.6 Å². The summed E-state index contributed by atoms with van der Waals surface area (Å²) in [5.41, 5.74) is 0.862. The lowest BCUT2D eigenvalue weighted by Crippen LogP contribution is -2.31. The Morgan fingerprint density at radius 2 is 2.11 bits per heavy atom.